The Balaban J connectivity index is 4.71. The molecule has 0 aromatic rings. The first-order chi connectivity index (χ1) is 30.3. The first kappa shape index (κ1) is 63.3. The van der Waals surface area contributed by atoms with E-state index in [0.717, 1.165) is 0 Å². The van der Waals surface area contributed by atoms with Gasteiger partial charge < -0.3 is 86.5 Å². The van der Waals surface area contributed by atoms with E-state index in [2.05, 4.69) is 0 Å². The number of hydrogen-bond donors (Lipinski definition) is 6. The first-order valence-corrected chi connectivity index (χ1v) is 23.5. The lowest BCUT2D eigenvalue weighted by molar-refractivity contribution is -0.915. The molecule has 65 heavy (non-hydrogen) atoms. The van der Waals surface area contributed by atoms with E-state index >= 15 is 0 Å². The molecule has 0 aliphatic carbocycles. The van der Waals surface area contributed by atoms with Gasteiger partial charge in [0.05, 0.1) is 122 Å². The Hall–Kier alpha value is -1.70. The van der Waals surface area contributed by atoms with Gasteiger partial charge in [-0.1, -0.05) is 6.92 Å². The van der Waals surface area contributed by atoms with Gasteiger partial charge in [0.2, 0.25) is 0 Å². The summed E-state index contributed by atoms with van der Waals surface area (Å²) in [6, 6.07) is 0. The predicted octanol–water partition coefficient (Wildman–Crippen LogP) is -1.37. The number of esters is 2. The number of likely N-dealkylation sites (N-methyl/N-ethyl adjacent to an activating group) is 4. The van der Waals surface area contributed by atoms with E-state index in [1.54, 1.807) is 0 Å². The zero-order valence-electron chi connectivity index (χ0n) is 42.1. The lowest BCUT2D eigenvalue weighted by Gasteiger charge is -2.37. The highest BCUT2D eigenvalue weighted by Crippen LogP contribution is 2.10. The van der Waals surface area contributed by atoms with Crippen molar-refractivity contribution in [3.05, 3.63) is 0 Å². The second-order valence-electron chi connectivity index (χ2n) is 20.3. The lowest BCUT2D eigenvalue weighted by Crippen LogP contribution is -2.55. The van der Waals surface area contributed by atoms with Crippen LogP contribution in [0.1, 0.15) is 45.4 Å². The van der Waals surface area contributed by atoms with Gasteiger partial charge in [0, 0.05) is 39.6 Å². The summed E-state index contributed by atoms with van der Waals surface area (Å²) in [5, 5.41) is 62.0. The van der Waals surface area contributed by atoms with Crippen LogP contribution in [0.2, 0.25) is 0 Å². The SMILES string of the molecule is CCC(O)COCCCOCC(O)C[N+](C)(CCOC(=O)CCC(=O)OCC[N+](C)(C)CC(O)COCCCOCC(O)C[N+](C)(C)C)CC(O)COCCCOCC(O)C[N+](C)(C)C. The number of carbonyl (C=O) groups excluding carboxylic acids is 2. The van der Waals surface area contributed by atoms with Crippen molar-refractivity contribution in [2.75, 3.05) is 202 Å². The summed E-state index contributed by atoms with van der Waals surface area (Å²) in [4.78, 5) is 25.1. The zero-order valence-corrected chi connectivity index (χ0v) is 42.1. The number of carbonyl (C=O) groups is 2. The Labute approximate surface area is 391 Å². The fourth-order valence-electron chi connectivity index (χ4n) is 6.82. The molecule has 0 fully saturated rings. The van der Waals surface area contributed by atoms with Crippen LogP contribution in [0, 0.1) is 0 Å². The van der Waals surface area contributed by atoms with Gasteiger partial charge in [0.25, 0.3) is 0 Å². The van der Waals surface area contributed by atoms with Gasteiger partial charge >= 0.3 is 11.9 Å². The normalized spacial score (nSPS) is 16.4. The summed E-state index contributed by atoms with van der Waals surface area (Å²) in [5.41, 5.74) is 0. The quantitative estimate of drug-likeness (QED) is 0.0235. The summed E-state index contributed by atoms with van der Waals surface area (Å²) in [7, 11) is 17.7. The van der Waals surface area contributed by atoms with Gasteiger partial charge in [-0.15, -0.1) is 0 Å². The Morgan fingerprint density at radius 2 is 0.692 bits per heavy atom. The van der Waals surface area contributed by atoms with Gasteiger partial charge in [-0.25, -0.2) is 0 Å². The maximum Gasteiger partial charge on any atom is 0.306 e. The standard InChI is InChI=1S/C45H96N4O16/c1-11-38(50)32-58-19-12-23-62-36-42(54)30-49(10,31-43(55)37-63-24-14-21-60-34-40(52)28-47(5,6)7)18-26-65-45(57)16-15-44(56)64-25-17-48(8,9)29-41(53)35-61-22-13-20-59-33-39(51)27-46(2,3)4/h38-43,50-55H,11-37H2,1-10H3/q+4. The van der Waals surface area contributed by atoms with Crippen LogP contribution in [0.4, 0.5) is 0 Å². The second-order valence-corrected chi connectivity index (χ2v) is 20.3. The van der Waals surface area contributed by atoms with Gasteiger partial charge in [-0.3, -0.25) is 9.59 Å². The van der Waals surface area contributed by atoms with Crippen molar-refractivity contribution in [2.45, 2.75) is 82.1 Å². The average Bonchev–Trinajstić information content (AvgIpc) is 3.17. The monoisotopic (exact) mass is 949 g/mol. The van der Waals surface area contributed by atoms with Crippen molar-refractivity contribution in [1.82, 2.24) is 0 Å². The van der Waals surface area contributed by atoms with Gasteiger partial charge in [0.1, 0.15) is 89.5 Å². The molecule has 7 unspecified atom stereocenters. The Morgan fingerprint density at radius 3 is 1.02 bits per heavy atom. The number of aliphatic hydroxyl groups is 6. The highest BCUT2D eigenvalue weighted by Gasteiger charge is 2.30. The first-order valence-electron chi connectivity index (χ1n) is 23.5. The number of ether oxygens (including phenoxy) is 8. The zero-order chi connectivity index (χ0) is 49.4. The van der Waals surface area contributed by atoms with E-state index in [4.69, 9.17) is 37.9 Å². The Morgan fingerprint density at radius 1 is 0.400 bits per heavy atom. The van der Waals surface area contributed by atoms with E-state index < -0.39 is 48.6 Å². The average molecular weight is 949 g/mol. The van der Waals surface area contributed by atoms with Crippen molar-refractivity contribution in [3.63, 3.8) is 0 Å². The fraction of sp³-hybridized carbons (Fsp3) is 0.956. The van der Waals surface area contributed by atoms with Crippen molar-refractivity contribution < 1.29 is 96.1 Å². The topological polar surface area (TPSA) is 229 Å². The molecule has 0 rings (SSSR count). The smallest absolute Gasteiger partial charge is 0.306 e. The van der Waals surface area contributed by atoms with E-state index in [-0.39, 0.29) is 89.8 Å². The van der Waals surface area contributed by atoms with E-state index in [9.17, 15) is 40.2 Å². The number of hydrogen-bond acceptors (Lipinski definition) is 16. The van der Waals surface area contributed by atoms with Crippen LogP contribution in [0.25, 0.3) is 0 Å². The number of rotatable bonds is 44. The van der Waals surface area contributed by atoms with Crippen molar-refractivity contribution >= 4 is 11.9 Å². The molecule has 0 spiro atoms. The molecule has 0 aliphatic rings. The van der Waals surface area contributed by atoms with Crippen LogP contribution in [0.3, 0.4) is 0 Å². The largest absolute Gasteiger partial charge is 0.460 e. The minimum Gasteiger partial charge on any atom is -0.460 e. The molecule has 0 radical (unpaired) electrons. The molecular weight excluding hydrogens is 853 g/mol. The van der Waals surface area contributed by atoms with Crippen molar-refractivity contribution in [1.29, 1.82) is 0 Å². The van der Waals surface area contributed by atoms with Gasteiger partial charge in [-0.2, -0.15) is 0 Å². The Kier molecular flexibility index (Phi) is 34.5. The maximum atomic E-state index is 12.6. The molecule has 388 valence electrons. The predicted molar refractivity (Wildman–Crippen MR) is 245 cm³/mol. The van der Waals surface area contributed by atoms with Crippen LogP contribution in [0.5, 0.6) is 0 Å². The Bertz CT molecular complexity index is 1190. The van der Waals surface area contributed by atoms with Crippen LogP contribution in [-0.2, 0) is 47.5 Å². The minimum absolute atomic E-state index is 0.0173. The summed E-state index contributed by atoms with van der Waals surface area (Å²) in [6.07, 6.45) is -1.99. The van der Waals surface area contributed by atoms with Crippen LogP contribution in [0.15, 0.2) is 0 Å². The molecule has 0 saturated heterocycles. The van der Waals surface area contributed by atoms with E-state index in [1.807, 2.05) is 70.4 Å². The highest BCUT2D eigenvalue weighted by molar-refractivity contribution is 5.77. The van der Waals surface area contributed by atoms with Gasteiger partial charge in [-0.05, 0) is 25.7 Å². The number of nitrogens with zero attached hydrogens (tertiary/aromatic N) is 4. The molecular formula is C45H96N4O16+4. The molecule has 0 aromatic carbocycles. The minimum atomic E-state index is -0.887. The molecule has 20 nitrogen and oxygen atoms in total. The second kappa shape index (κ2) is 35.4. The summed E-state index contributed by atoms with van der Waals surface area (Å²) < 4.78 is 46.1. The third-order valence-corrected chi connectivity index (χ3v) is 9.98. The van der Waals surface area contributed by atoms with E-state index in [0.29, 0.717) is 105 Å². The summed E-state index contributed by atoms with van der Waals surface area (Å²) in [5.74, 6) is -1.12. The third-order valence-electron chi connectivity index (χ3n) is 9.98. The molecule has 0 bridgehead atoms. The third kappa shape index (κ3) is 41.0. The number of quaternary nitrogens is 4. The molecule has 0 aliphatic heterocycles. The molecule has 6 N–H and O–H groups in total. The van der Waals surface area contributed by atoms with Gasteiger partial charge in [0.15, 0.2) is 0 Å². The molecule has 0 heterocycles. The van der Waals surface area contributed by atoms with Crippen LogP contribution < -0.4 is 0 Å². The van der Waals surface area contributed by atoms with Crippen LogP contribution in [-0.4, -0.2) is 299 Å². The summed E-state index contributed by atoms with van der Waals surface area (Å²) >= 11 is 0. The molecule has 0 amide bonds. The highest BCUT2D eigenvalue weighted by atomic mass is 16.5. The molecule has 7 atom stereocenters. The molecule has 0 aromatic heterocycles. The van der Waals surface area contributed by atoms with Crippen molar-refractivity contribution in [3.8, 4) is 0 Å². The van der Waals surface area contributed by atoms with Crippen LogP contribution >= 0.6 is 0 Å². The summed E-state index contributed by atoms with van der Waals surface area (Å²) in [6.45, 7) is 8.03. The fourth-order valence-corrected chi connectivity index (χ4v) is 6.82. The van der Waals surface area contributed by atoms with Crippen molar-refractivity contribution in [2.24, 2.45) is 0 Å². The molecule has 0 saturated carbocycles. The number of aliphatic hydroxyl groups excluding tert-OH is 6. The lowest BCUT2D eigenvalue weighted by atomic mass is 10.2. The maximum absolute atomic E-state index is 12.6. The van der Waals surface area contributed by atoms with E-state index in [1.165, 1.54) is 0 Å². The molecule has 20 heteroatoms.